The van der Waals surface area contributed by atoms with E-state index in [1.807, 2.05) is 0 Å². The van der Waals surface area contributed by atoms with Gasteiger partial charge in [-0.05, 0) is 31.9 Å². The molecule has 0 saturated heterocycles. The number of carboxylic acid groups (broad SMARTS) is 2. The second-order valence-electron chi connectivity index (χ2n) is 3.54. The molecule has 2 N–H and O–H groups in total. The number of aliphatic carboxylic acids is 2. The van der Waals surface area contributed by atoms with E-state index in [0.717, 1.165) is 0 Å². The molecule has 0 amide bonds. The fourth-order valence-electron chi connectivity index (χ4n) is 0.848. The summed E-state index contributed by atoms with van der Waals surface area (Å²) in [5, 5.41) is 15.8. The molecule has 0 rings (SSSR count). The molecule has 0 aromatic heterocycles. The molecule has 0 fully saturated rings. The molecule has 0 atom stereocenters. The molecule has 134 valence electrons. The number of hydrogen-bond acceptors (Lipinski definition) is 8. The van der Waals surface area contributed by atoms with Crippen LogP contribution in [0.4, 0.5) is 0 Å². The first-order valence-electron chi connectivity index (χ1n) is 5.54. The topological polar surface area (TPSA) is 161 Å². The standard InChI is InChI=1S/C12H5Br2ClO10/c13-4(1-7(16)17)10(21)24-9(20)3-6(15)12(23)25-11(22)5(14)2-8(18)19/h1-3H,(H,16,17)(H,18,19). The molecular weight excluding hydrogens is 499 g/mol. The van der Waals surface area contributed by atoms with E-state index in [4.69, 9.17) is 21.8 Å². The second-order valence-corrected chi connectivity index (χ2v) is 5.65. The van der Waals surface area contributed by atoms with E-state index < -0.39 is 49.8 Å². The summed E-state index contributed by atoms with van der Waals surface area (Å²) in [5.74, 6) is -8.78. The quantitative estimate of drug-likeness (QED) is 0.303. The average molecular weight is 504 g/mol. The van der Waals surface area contributed by atoms with Gasteiger partial charge in [-0.1, -0.05) is 11.6 Å². The van der Waals surface area contributed by atoms with E-state index >= 15 is 0 Å². The lowest BCUT2D eigenvalue weighted by atomic mass is 10.4. The molecule has 0 spiro atoms. The van der Waals surface area contributed by atoms with Gasteiger partial charge in [0.1, 0.15) is 14.0 Å². The smallest absolute Gasteiger partial charge is 0.357 e. The van der Waals surface area contributed by atoms with Gasteiger partial charge in [0.15, 0.2) is 0 Å². The molecule has 0 aliphatic heterocycles. The highest BCUT2D eigenvalue weighted by Gasteiger charge is 2.20. The summed E-state index contributed by atoms with van der Waals surface area (Å²) in [5.41, 5.74) is 0. The third kappa shape index (κ3) is 9.54. The van der Waals surface area contributed by atoms with Crippen molar-refractivity contribution in [2.75, 3.05) is 0 Å². The maximum Gasteiger partial charge on any atom is 0.357 e. The third-order valence-electron chi connectivity index (χ3n) is 1.71. The number of ether oxygens (including phenoxy) is 2. The van der Waals surface area contributed by atoms with Crippen molar-refractivity contribution in [3.05, 3.63) is 32.2 Å². The van der Waals surface area contributed by atoms with Gasteiger partial charge in [0, 0.05) is 18.2 Å². The van der Waals surface area contributed by atoms with Crippen LogP contribution >= 0.6 is 43.5 Å². The number of rotatable bonds is 6. The Hall–Kier alpha value is -2.31. The molecule has 0 aromatic rings. The molecule has 0 unspecified atom stereocenters. The Morgan fingerprint density at radius 1 is 0.720 bits per heavy atom. The van der Waals surface area contributed by atoms with Crippen LogP contribution in [0.25, 0.3) is 0 Å². The van der Waals surface area contributed by atoms with Crippen LogP contribution < -0.4 is 0 Å². The van der Waals surface area contributed by atoms with Crippen molar-refractivity contribution in [2.45, 2.75) is 0 Å². The van der Waals surface area contributed by atoms with E-state index in [1.54, 1.807) is 0 Å². The van der Waals surface area contributed by atoms with Gasteiger partial charge in [0.05, 0.1) is 0 Å². The number of carboxylic acids is 2. The maximum atomic E-state index is 11.4. The lowest BCUT2D eigenvalue weighted by Gasteiger charge is -2.01. The van der Waals surface area contributed by atoms with Gasteiger partial charge in [-0.15, -0.1) is 0 Å². The van der Waals surface area contributed by atoms with E-state index in [2.05, 4.69) is 41.3 Å². The van der Waals surface area contributed by atoms with Gasteiger partial charge in [0.25, 0.3) is 0 Å². The maximum absolute atomic E-state index is 11.4. The van der Waals surface area contributed by atoms with Crippen molar-refractivity contribution >= 4 is 79.3 Å². The van der Waals surface area contributed by atoms with E-state index in [9.17, 15) is 28.8 Å². The predicted molar refractivity (Wildman–Crippen MR) is 85.4 cm³/mol. The van der Waals surface area contributed by atoms with Crippen LogP contribution in [0.5, 0.6) is 0 Å². The highest BCUT2D eigenvalue weighted by Crippen LogP contribution is 2.12. The minimum absolute atomic E-state index is 0.283. The van der Waals surface area contributed by atoms with Crippen molar-refractivity contribution in [3.8, 4) is 0 Å². The molecule has 0 heterocycles. The Kier molecular flexibility index (Phi) is 9.56. The fourth-order valence-corrected chi connectivity index (χ4v) is 1.53. The van der Waals surface area contributed by atoms with Gasteiger partial charge in [-0.2, -0.15) is 0 Å². The fraction of sp³-hybridized carbons (Fsp3) is 0. The number of carbonyl (C=O) groups is 6. The van der Waals surface area contributed by atoms with Gasteiger partial charge >= 0.3 is 35.8 Å². The number of esters is 4. The summed E-state index contributed by atoms with van der Waals surface area (Å²) in [6.07, 6.45) is 1.08. The Morgan fingerprint density at radius 3 is 1.52 bits per heavy atom. The first kappa shape index (κ1) is 22.7. The minimum Gasteiger partial charge on any atom is -0.478 e. The van der Waals surface area contributed by atoms with Gasteiger partial charge < -0.3 is 19.7 Å². The average Bonchev–Trinajstić information content (AvgIpc) is 2.45. The van der Waals surface area contributed by atoms with Crippen LogP contribution in [0.2, 0.25) is 0 Å². The predicted octanol–water partition coefficient (Wildman–Crippen LogP) is 0.976. The van der Waals surface area contributed by atoms with Crippen LogP contribution in [-0.2, 0) is 38.2 Å². The highest BCUT2D eigenvalue weighted by atomic mass is 79.9. The van der Waals surface area contributed by atoms with Crippen molar-refractivity contribution in [1.29, 1.82) is 0 Å². The Labute approximate surface area is 160 Å². The number of halogens is 3. The van der Waals surface area contributed by atoms with E-state index in [-0.39, 0.29) is 6.08 Å². The zero-order valence-corrected chi connectivity index (χ0v) is 15.5. The van der Waals surface area contributed by atoms with E-state index in [0.29, 0.717) is 12.2 Å². The minimum atomic E-state index is -1.54. The normalized spacial score (nSPS) is 12.2. The van der Waals surface area contributed by atoms with Gasteiger partial charge in [0.2, 0.25) is 0 Å². The van der Waals surface area contributed by atoms with Crippen molar-refractivity contribution < 1.29 is 48.5 Å². The molecule has 0 aliphatic carbocycles. The van der Waals surface area contributed by atoms with Crippen molar-refractivity contribution in [3.63, 3.8) is 0 Å². The first-order chi connectivity index (χ1) is 11.4. The van der Waals surface area contributed by atoms with Crippen LogP contribution in [0.3, 0.4) is 0 Å². The Balaban J connectivity index is 4.90. The van der Waals surface area contributed by atoms with E-state index in [1.165, 1.54) is 0 Å². The van der Waals surface area contributed by atoms with Crippen LogP contribution in [0.15, 0.2) is 32.2 Å². The molecule has 13 heteroatoms. The Bertz CT molecular complexity index is 734. The van der Waals surface area contributed by atoms with Crippen molar-refractivity contribution in [1.82, 2.24) is 0 Å². The summed E-state index contributed by atoms with van der Waals surface area (Å²) in [7, 11) is 0. The van der Waals surface area contributed by atoms with Crippen LogP contribution in [0.1, 0.15) is 0 Å². The zero-order valence-electron chi connectivity index (χ0n) is 11.5. The molecule has 0 aromatic carbocycles. The van der Waals surface area contributed by atoms with Crippen LogP contribution in [0, 0.1) is 0 Å². The summed E-state index contributed by atoms with van der Waals surface area (Å²) in [6, 6.07) is 0. The number of hydrogen-bond donors (Lipinski definition) is 2. The molecule has 25 heavy (non-hydrogen) atoms. The summed E-state index contributed by atoms with van der Waals surface area (Å²) in [4.78, 5) is 66.0. The van der Waals surface area contributed by atoms with Gasteiger partial charge in [-0.3, -0.25) is 0 Å². The third-order valence-corrected chi connectivity index (χ3v) is 3.08. The summed E-state index contributed by atoms with van der Waals surface area (Å²) < 4.78 is 7.05. The first-order valence-corrected chi connectivity index (χ1v) is 7.50. The molecule has 0 radical (unpaired) electrons. The molecule has 0 aliphatic rings. The van der Waals surface area contributed by atoms with Gasteiger partial charge in [-0.25, -0.2) is 28.8 Å². The SMILES string of the molecule is O=C(O)C=C(Br)C(=O)OC(=O)C=C(Cl)C(=O)OC(=O)C(Br)=CC(=O)O. The zero-order chi connectivity index (χ0) is 19.7. The molecular formula is C12H5Br2ClO10. The number of carbonyl (C=O) groups excluding carboxylic acids is 4. The largest absolute Gasteiger partial charge is 0.478 e. The summed E-state index contributed by atoms with van der Waals surface area (Å²) in [6.45, 7) is 0. The van der Waals surface area contributed by atoms with Crippen LogP contribution in [-0.4, -0.2) is 46.0 Å². The molecule has 0 bridgehead atoms. The Morgan fingerprint density at radius 2 is 1.12 bits per heavy atom. The second kappa shape index (κ2) is 10.5. The monoisotopic (exact) mass is 502 g/mol. The highest BCUT2D eigenvalue weighted by molar-refractivity contribution is 9.12. The lowest BCUT2D eigenvalue weighted by molar-refractivity contribution is -0.155. The lowest BCUT2D eigenvalue weighted by Crippen LogP contribution is -2.15. The molecule has 0 saturated carbocycles. The van der Waals surface area contributed by atoms with Crippen molar-refractivity contribution in [2.24, 2.45) is 0 Å². The summed E-state index contributed by atoms with van der Waals surface area (Å²) >= 11 is 10.5. The molecule has 10 nitrogen and oxygen atoms in total.